The predicted octanol–water partition coefficient (Wildman–Crippen LogP) is 2.19. The number of halogens is 1. The number of hydrogen-bond acceptors (Lipinski definition) is 8. The number of nitrogens with two attached hydrogens (primary N) is 1. The number of piperazine rings is 1. The summed E-state index contributed by atoms with van der Waals surface area (Å²) in [5.41, 5.74) is 8.85. The molecule has 1 amide bonds. The average Bonchev–Trinajstić information content (AvgIpc) is 2.88. The van der Waals surface area contributed by atoms with Crippen molar-refractivity contribution in [1.82, 2.24) is 24.8 Å². The Labute approximate surface area is 203 Å². The third-order valence-electron chi connectivity index (χ3n) is 6.77. The Hall–Kier alpha value is -3.66. The number of anilines is 2. The molecule has 0 saturated carbocycles. The lowest BCUT2D eigenvalue weighted by molar-refractivity contribution is -0.118. The summed E-state index contributed by atoms with van der Waals surface area (Å²) in [6, 6.07) is 9.11. The van der Waals surface area contributed by atoms with Crippen LogP contribution in [0.25, 0.3) is 11.5 Å². The number of fused-ring (bicyclic) bond motifs is 1. The van der Waals surface area contributed by atoms with E-state index in [1.54, 1.807) is 6.20 Å². The SMILES string of the molecule is CC1c2cnc(-c3ccccn3)nc2CCN1c1cc(N2CCN(CCC(N)=O)CC2)cc(F)n1. The molecule has 2 aliphatic rings. The molecule has 1 fully saturated rings. The highest BCUT2D eigenvalue weighted by atomic mass is 19.1. The standard InChI is InChI=1S/C25H29FN8O/c1-17-19-16-29-25(21-4-2-3-7-28-21)30-20(19)5-9-34(17)24-15-18(14-22(26)31-24)33-12-10-32(11-13-33)8-6-23(27)35/h2-4,7,14-17H,5-6,8-13H2,1H3,(H2,27,35). The van der Waals surface area contributed by atoms with Crippen LogP contribution in [0.2, 0.25) is 0 Å². The molecular formula is C25H29FN8O. The maximum absolute atomic E-state index is 14.6. The van der Waals surface area contributed by atoms with Gasteiger partial charge in [0.1, 0.15) is 11.5 Å². The number of primary amides is 1. The van der Waals surface area contributed by atoms with Gasteiger partial charge in [-0.25, -0.2) is 15.0 Å². The molecule has 5 rings (SSSR count). The van der Waals surface area contributed by atoms with E-state index in [1.807, 2.05) is 30.5 Å². The number of nitrogens with zero attached hydrogens (tertiary/aromatic N) is 7. The second kappa shape index (κ2) is 9.91. The van der Waals surface area contributed by atoms with Gasteiger partial charge in [-0.2, -0.15) is 4.39 Å². The van der Waals surface area contributed by atoms with E-state index in [0.29, 0.717) is 37.6 Å². The van der Waals surface area contributed by atoms with Gasteiger partial charge in [0.05, 0.1) is 11.7 Å². The summed E-state index contributed by atoms with van der Waals surface area (Å²) in [5, 5.41) is 0. The summed E-state index contributed by atoms with van der Waals surface area (Å²) < 4.78 is 14.6. The highest BCUT2D eigenvalue weighted by Crippen LogP contribution is 2.34. The number of carbonyl (C=O) groups is 1. The van der Waals surface area contributed by atoms with E-state index < -0.39 is 5.95 Å². The molecule has 35 heavy (non-hydrogen) atoms. The van der Waals surface area contributed by atoms with Gasteiger partial charge in [0.15, 0.2) is 5.82 Å². The van der Waals surface area contributed by atoms with Crippen LogP contribution < -0.4 is 15.5 Å². The molecule has 10 heteroatoms. The molecule has 0 bridgehead atoms. The van der Waals surface area contributed by atoms with E-state index in [-0.39, 0.29) is 11.9 Å². The first-order chi connectivity index (χ1) is 17.0. The van der Waals surface area contributed by atoms with Crippen LogP contribution in [0, 0.1) is 5.95 Å². The molecule has 3 aromatic heterocycles. The van der Waals surface area contributed by atoms with Crippen molar-refractivity contribution in [2.24, 2.45) is 5.73 Å². The van der Waals surface area contributed by atoms with Gasteiger partial charge in [0.2, 0.25) is 11.9 Å². The minimum absolute atomic E-state index is 0.0377. The van der Waals surface area contributed by atoms with Crippen LogP contribution in [0.1, 0.15) is 30.6 Å². The number of aromatic nitrogens is 4. The molecule has 1 atom stereocenters. The monoisotopic (exact) mass is 476 g/mol. The van der Waals surface area contributed by atoms with Crippen LogP contribution in [0.3, 0.4) is 0 Å². The first-order valence-electron chi connectivity index (χ1n) is 11.9. The lowest BCUT2D eigenvalue weighted by Gasteiger charge is -2.38. The Morgan fingerprint density at radius 2 is 1.94 bits per heavy atom. The summed E-state index contributed by atoms with van der Waals surface area (Å²) in [6.45, 7) is 6.53. The van der Waals surface area contributed by atoms with Crippen LogP contribution in [0.5, 0.6) is 0 Å². The van der Waals surface area contributed by atoms with Crippen molar-refractivity contribution < 1.29 is 9.18 Å². The van der Waals surface area contributed by atoms with Crippen LogP contribution in [-0.2, 0) is 11.2 Å². The molecule has 2 N–H and O–H groups in total. The average molecular weight is 477 g/mol. The Kier molecular flexibility index (Phi) is 6.54. The number of hydrogen-bond donors (Lipinski definition) is 1. The number of carbonyl (C=O) groups excluding carboxylic acids is 1. The molecule has 3 aromatic rings. The van der Waals surface area contributed by atoms with Gasteiger partial charge < -0.3 is 15.5 Å². The summed E-state index contributed by atoms with van der Waals surface area (Å²) in [4.78, 5) is 35.4. The lowest BCUT2D eigenvalue weighted by atomic mass is 9.99. The summed E-state index contributed by atoms with van der Waals surface area (Å²) in [7, 11) is 0. The highest BCUT2D eigenvalue weighted by molar-refractivity contribution is 5.73. The Bertz CT molecular complexity index is 1200. The zero-order chi connectivity index (χ0) is 24.4. The topological polar surface area (TPSA) is 104 Å². The Morgan fingerprint density at radius 1 is 1.11 bits per heavy atom. The number of rotatable bonds is 6. The minimum atomic E-state index is -0.492. The molecule has 0 aliphatic carbocycles. The molecule has 0 aromatic carbocycles. The van der Waals surface area contributed by atoms with E-state index in [1.165, 1.54) is 6.07 Å². The molecule has 182 valence electrons. The largest absolute Gasteiger partial charge is 0.370 e. The second-order valence-electron chi connectivity index (χ2n) is 8.98. The van der Waals surface area contributed by atoms with E-state index in [0.717, 1.165) is 48.8 Å². The predicted molar refractivity (Wildman–Crippen MR) is 131 cm³/mol. The van der Waals surface area contributed by atoms with E-state index in [9.17, 15) is 9.18 Å². The van der Waals surface area contributed by atoms with Crippen LogP contribution in [0.15, 0.2) is 42.7 Å². The number of pyridine rings is 2. The van der Waals surface area contributed by atoms with E-state index in [4.69, 9.17) is 10.7 Å². The summed E-state index contributed by atoms with van der Waals surface area (Å²) in [6.07, 6.45) is 4.66. The maximum atomic E-state index is 14.6. The number of amides is 1. The first kappa shape index (κ1) is 23.1. The molecule has 5 heterocycles. The molecule has 0 radical (unpaired) electrons. The molecule has 1 unspecified atom stereocenters. The van der Waals surface area contributed by atoms with Crippen molar-refractivity contribution in [2.45, 2.75) is 25.8 Å². The highest BCUT2D eigenvalue weighted by Gasteiger charge is 2.28. The quantitative estimate of drug-likeness (QED) is 0.540. The van der Waals surface area contributed by atoms with Crippen molar-refractivity contribution in [1.29, 1.82) is 0 Å². The van der Waals surface area contributed by atoms with Crippen molar-refractivity contribution in [3.05, 3.63) is 59.9 Å². The normalized spacial score (nSPS) is 18.4. The van der Waals surface area contributed by atoms with Gasteiger partial charge in [0, 0.05) is 87.9 Å². The van der Waals surface area contributed by atoms with Crippen LogP contribution >= 0.6 is 0 Å². The van der Waals surface area contributed by atoms with Gasteiger partial charge in [-0.3, -0.25) is 14.7 Å². The third kappa shape index (κ3) is 5.07. The van der Waals surface area contributed by atoms with Gasteiger partial charge in [-0.05, 0) is 19.1 Å². The molecule has 1 saturated heterocycles. The summed E-state index contributed by atoms with van der Waals surface area (Å²) >= 11 is 0. The van der Waals surface area contributed by atoms with Crippen molar-refractivity contribution in [2.75, 3.05) is 49.1 Å². The van der Waals surface area contributed by atoms with Crippen molar-refractivity contribution >= 4 is 17.4 Å². The van der Waals surface area contributed by atoms with Gasteiger partial charge in [0.25, 0.3) is 0 Å². The second-order valence-corrected chi connectivity index (χ2v) is 8.98. The zero-order valence-corrected chi connectivity index (χ0v) is 19.8. The smallest absolute Gasteiger partial charge is 0.218 e. The van der Waals surface area contributed by atoms with E-state index in [2.05, 4.69) is 36.6 Å². The van der Waals surface area contributed by atoms with Gasteiger partial charge >= 0.3 is 0 Å². The van der Waals surface area contributed by atoms with Crippen LogP contribution in [0.4, 0.5) is 15.9 Å². The summed E-state index contributed by atoms with van der Waals surface area (Å²) in [5.74, 6) is 0.450. The van der Waals surface area contributed by atoms with E-state index >= 15 is 0 Å². The first-order valence-corrected chi connectivity index (χ1v) is 11.9. The lowest BCUT2D eigenvalue weighted by Crippen LogP contribution is -2.47. The fraction of sp³-hybridized carbons (Fsp3) is 0.400. The minimum Gasteiger partial charge on any atom is -0.370 e. The Balaban J connectivity index is 1.32. The van der Waals surface area contributed by atoms with Crippen molar-refractivity contribution in [3.63, 3.8) is 0 Å². The Morgan fingerprint density at radius 3 is 2.69 bits per heavy atom. The molecular weight excluding hydrogens is 447 g/mol. The van der Waals surface area contributed by atoms with Gasteiger partial charge in [-0.1, -0.05) is 6.07 Å². The third-order valence-corrected chi connectivity index (χ3v) is 6.77. The van der Waals surface area contributed by atoms with Gasteiger partial charge in [-0.15, -0.1) is 0 Å². The maximum Gasteiger partial charge on any atom is 0.218 e. The zero-order valence-electron chi connectivity index (χ0n) is 19.8. The molecule has 2 aliphatic heterocycles. The van der Waals surface area contributed by atoms with Crippen molar-refractivity contribution in [3.8, 4) is 11.5 Å². The fourth-order valence-electron chi connectivity index (χ4n) is 4.79. The molecule has 9 nitrogen and oxygen atoms in total. The van der Waals surface area contributed by atoms with Crippen LogP contribution in [-0.4, -0.2) is 70.0 Å². The fourth-order valence-corrected chi connectivity index (χ4v) is 4.79. The molecule has 0 spiro atoms.